The molecule has 0 saturated heterocycles. The number of hydrogen-bond donors (Lipinski definition) is 0. The van der Waals surface area contributed by atoms with Crippen molar-refractivity contribution in [3.8, 4) is 0 Å². The highest BCUT2D eigenvalue weighted by molar-refractivity contribution is 6.30. The summed E-state index contributed by atoms with van der Waals surface area (Å²) in [6.45, 7) is 7.35. The Bertz CT molecular complexity index is 1090. The average molecular weight is 440 g/mol. The lowest BCUT2D eigenvalue weighted by molar-refractivity contribution is -0.385. The lowest BCUT2D eigenvalue weighted by Gasteiger charge is -2.25. The van der Waals surface area contributed by atoms with Crippen molar-refractivity contribution in [3.63, 3.8) is 0 Å². The van der Waals surface area contributed by atoms with Gasteiger partial charge in [-0.2, -0.15) is 0 Å². The van der Waals surface area contributed by atoms with Crippen LogP contribution in [0, 0.1) is 23.0 Å². The van der Waals surface area contributed by atoms with Crippen LogP contribution in [0.3, 0.4) is 0 Å². The third-order valence-corrected chi connectivity index (χ3v) is 5.28. The van der Waals surface area contributed by atoms with Crippen molar-refractivity contribution in [1.29, 1.82) is 0 Å². The lowest BCUT2D eigenvalue weighted by atomic mass is 10.1. The standard InChI is InChI=1S/C24H26ClN3O3/c1-17(2)14-27(24(29)20-10-9-18(3)23(13-20)28(30)31)16-22-8-5-11-26(22)15-19-6-4-7-21(25)12-19/h4-13,17H,14-16H2,1-3H3. The minimum Gasteiger partial charge on any atom is -0.345 e. The molecule has 0 radical (unpaired) electrons. The molecule has 0 atom stereocenters. The monoisotopic (exact) mass is 439 g/mol. The zero-order valence-corrected chi connectivity index (χ0v) is 18.7. The van der Waals surface area contributed by atoms with E-state index in [0.717, 1.165) is 11.3 Å². The van der Waals surface area contributed by atoms with Crippen molar-refractivity contribution in [2.45, 2.75) is 33.9 Å². The number of carbonyl (C=O) groups is 1. The van der Waals surface area contributed by atoms with Gasteiger partial charge in [0.2, 0.25) is 0 Å². The molecule has 0 saturated carbocycles. The molecule has 3 rings (SSSR count). The van der Waals surface area contributed by atoms with Crippen LogP contribution in [0.25, 0.3) is 0 Å². The van der Waals surface area contributed by atoms with E-state index in [1.807, 2.05) is 56.4 Å². The van der Waals surface area contributed by atoms with Crippen LogP contribution in [0.5, 0.6) is 0 Å². The molecule has 0 aliphatic carbocycles. The molecule has 0 aliphatic rings. The second kappa shape index (κ2) is 9.79. The third-order valence-electron chi connectivity index (χ3n) is 5.04. The van der Waals surface area contributed by atoms with Gasteiger partial charge in [0.25, 0.3) is 11.6 Å². The first-order valence-electron chi connectivity index (χ1n) is 10.2. The van der Waals surface area contributed by atoms with E-state index in [-0.39, 0.29) is 17.5 Å². The number of nitro benzene ring substituents is 1. The van der Waals surface area contributed by atoms with Gasteiger partial charge in [0.15, 0.2) is 0 Å². The highest BCUT2D eigenvalue weighted by atomic mass is 35.5. The summed E-state index contributed by atoms with van der Waals surface area (Å²) >= 11 is 6.11. The molecular formula is C24H26ClN3O3. The summed E-state index contributed by atoms with van der Waals surface area (Å²) in [6, 6.07) is 16.3. The van der Waals surface area contributed by atoms with Crippen molar-refractivity contribution in [1.82, 2.24) is 9.47 Å². The molecule has 0 spiro atoms. The van der Waals surface area contributed by atoms with E-state index >= 15 is 0 Å². The van der Waals surface area contributed by atoms with Gasteiger partial charge in [0.1, 0.15) is 0 Å². The number of aromatic nitrogens is 1. The zero-order chi connectivity index (χ0) is 22.5. The average Bonchev–Trinajstić information content (AvgIpc) is 3.13. The van der Waals surface area contributed by atoms with Gasteiger partial charge >= 0.3 is 0 Å². The van der Waals surface area contributed by atoms with Gasteiger partial charge in [0, 0.05) is 47.2 Å². The summed E-state index contributed by atoms with van der Waals surface area (Å²) in [7, 11) is 0. The summed E-state index contributed by atoms with van der Waals surface area (Å²) in [5.41, 5.74) is 2.87. The van der Waals surface area contributed by atoms with Crippen LogP contribution in [-0.2, 0) is 13.1 Å². The number of nitrogens with zero attached hydrogens (tertiary/aromatic N) is 3. The summed E-state index contributed by atoms with van der Waals surface area (Å²) in [5.74, 6) is 0.0352. The molecule has 0 N–H and O–H groups in total. The molecule has 0 unspecified atom stereocenters. The molecular weight excluding hydrogens is 414 g/mol. The van der Waals surface area contributed by atoms with Crippen molar-refractivity contribution in [2.24, 2.45) is 5.92 Å². The molecule has 1 amide bonds. The molecule has 0 fully saturated rings. The van der Waals surface area contributed by atoms with E-state index in [1.54, 1.807) is 24.0 Å². The van der Waals surface area contributed by atoms with E-state index in [2.05, 4.69) is 4.57 Å². The highest BCUT2D eigenvalue weighted by Crippen LogP contribution is 2.22. The molecule has 0 bridgehead atoms. The van der Waals surface area contributed by atoms with Gasteiger partial charge in [-0.1, -0.05) is 43.6 Å². The number of nitro groups is 1. The molecule has 1 heterocycles. The molecule has 0 aliphatic heterocycles. The molecule has 162 valence electrons. The Morgan fingerprint density at radius 1 is 1.16 bits per heavy atom. The van der Waals surface area contributed by atoms with Crippen molar-refractivity contribution >= 4 is 23.2 Å². The summed E-state index contributed by atoms with van der Waals surface area (Å²) in [6.07, 6.45) is 1.98. The largest absolute Gasteiger partial charge is 0.345 e. The van der Waals surface area contributed by atoms with Gasteiger partial charge in [-0.3, -0.25) is 14.9 Å². The second-order valence-corrected chi connectivity index (χ2v) is 8.53. The van der Waals surface area contributed by atoms with E-state index in [9.17, 15) is 14.9 Å². The van der Waals surface area contributed by atoms with E-state index in [4.69, 9.17) is 11.6 Å². The Labute approximate surface area is 187 Å². The Morgan fingerprint density at radius 2 is 1.94 bits per heavy atom. The van der Waals surface area contributed by atoms with Gasteiger partial charge in [0.05, 0.1) is 11.5 Å². The Hall–Kier alpha value is -3.12. The summed E-state index contributed by atoms with van der Waals surface area (Å²) in [5, 5.41) is 12.0. The maximum absolute atomic E-state index is 13.3. The van der Waals surface area contributed by atoms with Gasteiger partial charge in [-0.25, -0.2) is 0 Å². The summed E-state index contributed by atoms with van der Waals surface area (Å²) < 4.78 is 2.09. The Balaban J connectivity index is 1.86. The smallest absolute Gasteiger partial charge is 0.273 e. The molecule has 2 aromatic carbocycles. The number of halogens is 1. The quantitative estimate of drug-likeness (QED) is 0.333. The van der Waals surface area contributed by atoms with E-state index in [0.29, 0.717) is 35.8 Å². The maximum atomic E-state index is 13.3. The highest BCUT2D eigenvalue weighted by Gasteiger charge is 2.22. The fourth-order valence-electron chi connectivity index (χ4n) is 3.56. The number of amides is 1. The molecule has 3 aromatic rings. The SMILES string of the molecule is Cc1ccc(C(=O)N(Cc2cccn2Cc2cccc(Cl)c2)CC(C)C)cc1[N+](=O)[O-]. The van der Waals surface area contributed by atoms with Crippen LogP contribution in [-0.4, -0.2) is 26.8 Å². The number of rotatable bonds is 8. The van der Waals surface area contributed by atoms with Gasteiger partial charge in [-0.15, -0.1) is 0 Å². The first-order valence-corrected chi connectivity index (χ1v) is 10.5. The normalized spacial score (nSPS) is 11.0. The predicted octanol–water partition coefficient (Wildman–Crippen LogP) is 5.70. The van der Waals surface area contributed by atoms with Crippen molar-refractivity contribution in [2.75, 3.05) is 6.54 Å². The Morgan fingerprint density at radius 3 is 2.61 bits per heavy atom. The fourth-order valence-corrected chi connectivity index (χ4v) is 3.77. The van der Waals surface area contributed by atoms with Crippen molar-refractivity contribution in [3.05, 3.63) is 98.3 Å². The first-order chi connectivity index (χ1) is 14.7. The lowest BCUT2D eigenvalue weighted by Crippen LogP contribution is -2.34. The van der Waals surface area contributed by atoms with E-state index in [1.165, 1.54) is 6.07 Å². The van der Waals surface area contributed by atoms with Crippen LogP contribution in [0.2, 0.25) is 5.02 Å². The van der Waals surface area contributed by atoms with Gasteiger partial charge in [-0.05, 0) is 48.7 Å². The first kappa shape index (κ1) is 22.6. The van der Waals surface area contributed by atoms with Crippen LogP contribution in [0.1, 0.15) is 41.0 Å². The Kier molecular flexibility index (Phi) is 7.13. The van der Waals surface area contributed by atoms with Crippen LogP contribution in [0.4, 0.5) is 5.69 Å². The number of aryl methyl sites for hydroxylation is 1. The van der Waals surface area contributed by atoms with Gasteiger partial charge < -0.3 is 9.47 Å². The molecule has 7 heteroatoms. The topological polar surface area (TPSA) is 68.4 Å². The maximum Gasteiger partial charge on any atom is 0.273 e. The predicted molar refractivity (Wildman–Crippen MR) is 122 cm³/mol. The third kappa shape index (κ3) is 5.73. The molecule has 1 aromatic heterocycles. The summed E-state index contributed by atoms with van der Waals surface area (Å²) in [4.78, 5) is 25.9. The number of carbonyl (C=O) groups excluding carboxylic acids is 1. The van der Waals surface area contributed by atoms with Crippen LogP contribution >= 0.6 is 11.6 Å². The molecule has 6 nitrogen and oxygen atoms in total. The number of benzene rings is 2. The number of hydrogen-bond acceptors (Lipinski definition) is 3. The minimum absolute atomic E-state index is 0.0420. The molecule has 31 heavy (non-hydrogen) atoms. The van der Waals surface area contributed by atoms with Crippen LogP contribution in [0.15, 0.2) is 60.8 Å². The van der Waals surface area contributed by atoms with E-state index < -0.39 is 4.92 Å². The van der Waals surface area contributed by atoms with Crippen LogP contribution < -0.4 is 0 Å². The second-order valence-electron chi connectivity index (χ2n) is 8.10. The zero-order valence-electron chi connectivity index (χ0n) is 17.9. The van der Waals surface area contributed by atoms with Crippen molar-refractivity contribution < 1.29 is 9.72 Å². The fraction of sp³-hybridized carbons (Fsp3) is 0.292. The minimum atomic E-state index is -0.449.